The van der Waals surface area contributed by atoms with E-state index >= 15 is 0 Å². The summed E-state index contributed by atoms with van der Waals surface area (Å²) in [6, 6.07) is 10.3. The standard InChI is InChI=1S/C31H35FN6O3/c1-3-37(4-2)30(40)24-15-23(32)7-8-26(24)41-27-16-33-20-34-29(27)38-12-10-31(19-38)9-11-36(18-31)17-21-5-6-22-14-28(39)35-25(22)13-21/h5-8,13,15-16,20H,3-4,9-12,14,17-19H2,1-2H3,(H,35,39). The minimum atomic E-state index is -0.491. The topological polar surface area (TPSA) is 90.9 Å². The Labute approximate surface area is 239 Å². The molecular weight excluding hydrogens is 523 g/mol. The average Bonchev–Trinajstić information content (AvgIpc) is 3.68. The van der Waals surface area contributed by atoms with E-state index in [0.717, 1.165) is 56.8 Å². The average molecular weight is 559 g/mol. The third-order valence-electron chi connectivity index (χ3n) is 8.56. The van der Waals surface area contributed by atoms with Crippen LogP contribution in [0.1, 0.15) is 48.2 Å². The molecule has 1 unspecified atom stereocenters. The third-order valence-corrected chi connectivity index (χ3v) is 8.56. The van der Waals surface area contributed by atoms with Crippen molar-refractivity contribution >= 4 is 23.3 Å². The highest BCUT2D eigenvalue weighted by Crippen LogP contribution is 2.43. The first kappa shape index (κ1) is 27.1. The van der Waals surface area contributed by atoms with Crippen LogP contribution in [-0.2, 0) is 17.8 Å². The largest absolute Gasteiger partial charge is 0.451 e. The molecule has 2 amide bonds. The maximum atomic E-state index is 14.2. The second kappa shape index (κ2) is 11.1. The molecule has 3 aromatic rings. The molecule has 0 aliphatic carbocycles. The van der Waals surface area contributed by atoms with Crippen LogP contribution in [0.25, 0.3) is 0 Å². The van der Waals surface area contributed by atoms with Crippen molar-refractivity contribution in [2.24, 2.45) is 5.41 Å². The van der Waals surface area contributed by atoms with E-state index in [4.69, 9.17) is 4.74 Å². The lowest BCUT2D eigenvalue weighted by Crippen LogP contribution is -2.31. The number of hydrogen-bond donors (Lipinski definition) is 1. The van der Waals surface area contributed by atoms with Crippen LogP contribution in [0.2, 0.25) is 0 Å². The van der Waals surface area contributed by atoms with E-state index in [9.17, 15) is 14.0 Å². The number of aromatic nitrogens is 2. The van der Waals surface area contributed by atoms with E-state index in [0.29, 0.717) is 31.1 Å². The van der Waals surface area contributed by atoms with Crippen LogP contribution in [0.3, 0.4) is 0 Å². The highest BCUT2D eigenvalue weighted by Gasteiger charge is 2.44. The van der Waals surface area contributed by atoms with E-state index in [1.807, 2.05) is 13.8 Å². The number of benzene rings is 2. The molecule has 0 radical (unpaired) electrons. The predicted molar refractivity (Wildman–Crippen MR) is 154 cm³/mol. The van der Waals surface area contributed by atoms with Gasteiger partial charge in [-0.2, -0.15) is 0 Å². The number of ether oxygens (including phenoxy) is 1. The van der Waals surface area contributed by atoms with Gasteiger partial charge in [0, 0.05) is 50.4 Å². The number of anilines is 2. The van der Waals surface area contributed by atoms with Gasteiger partial charge >= 0.3 is 0 Å². The minimum Gasteiger partial charge on any atom is -0.451 e. The molecule has 4 heterocycles. The fraction of sp³-hybridized carbons (Fsp3) is 0.419. The van der Waals surface area contributed by atoms with E-state index in [-0.39, 0.29) is 28.5 Å². The van der Waals surface area contributed by atoms with Gasteiger partial charge in [0.25, 0.3) is 5.91 Å². The fourth-order valence-electron chi connectivity index (χ4n) is 6.41. The summed E-state index contributed by atoms with van der Waals surface area (Å²) < 4.78 is 20.4. The first-order valence-corrected chi connectivity index (χ1v) is 14.3. The highest BCUT2D eigenvalue weighted by molar-refractivity contribution is 5.99. The van der Waals surface area contributed by atoms with Crippen molar-refractivity contribution in [3.8, 4) is 11.5 Å². The summed E-state index contributed by atoms with van der Waals surface area (Å²) in [5, 5.41) is 2.95. The zero-order chi connectivity index (χ0) is 28.6. The summed E-state index contributed by atoms with van der Waals surface area (Å²) in [7, 11) is 0. The molecule has 1 atom stereocenters. The number of fused-ring (bicyclic) bond motifs is 1. The number of halogens is 1. The Morgan fingerprint density at radius 2 is 1.93 bits per heavy atom. The molecule has 0 saturated carbocycles. The molecule has 0 bridgehead atoms. The second-order valence-corrected chi connectivity index (χ2v) is 11.3. The van der Waals surface area contributed by atoms with Crippen LogP contribution in [0.15, 0.2) is 48.9 Å². The molecule has 2 saturated heterocycles. The first-order valence-electron chi connectivity index (χ1n) is 14.3. The summed E-state index contributed by atoms with van der Waals surface area (Å²) in [6.07, 6.45) is 5.70. The molecule has 1 aromatic heterocycles. The SMILES string of the molecule is CCN(CC)C(=O)c1cc(F)ccc1Oc1cncnc1N1CCC2(CCN(Cc3ccc4c(c3)NC(=O)C4)C2)C1. The van der Waals surface area contributed by atoms with Crippen molar-refractivity contribution in [1.29, 1.82) is 0 Å². The lowest BCUT2D eigenvalue weighted by Gasteiger charge is -2.26. The van der Waals surface area contributed by atoms with Crippen molar-refractivity contribution in [3.05, 3.63) is 71.4 Å². The molecular formula is C31H35FN6O3. The van der Waals surface area contributed by atoms with Crippen LogP contribution in [0.5, 0.6) is 11.5 Å². The maximum absolute atomic E-state index is 14.2. The van der Waals surface area contributed by atoms with Gasteiger partial charge in [-0.05, 0) is 68.6 Å². The zero-order valence-corrected chi connectivity index (χ0v) is 23.5. The number of carbonyl (C=O) groups is 2. The van der Waals surface area contributed by atoms with Crippen LogP contribution in [0.4, 0.5) is 15.9 Å². The summed E-state index contributed by atoms with van der Waals surface area (Å²) in [5.74, 6) is 0.692. The van der Waals surface area contributed by atoms with Gasteiger partial charge in [-0.3, -0.25) is 14.5 Å². The monoisotopic (exact) mass is 558 g/mol. The van der Waals surface area contributed by atoms with Crippen molar-refractivity contribution in [2.45, 2.75) is 39.7 Å². The van der Waals surface area contributed by atoms with Crippen molar-refractivity contribution < 1.29 is 18.7 Å². The number of carbonyl (C=O) groups excluding carboxylic acids is 2. The predicted octanol–water partition coefficient (Wildman–Crippen LogP) is 4.49. The molecule has 1 N–H and O–H groups in total. The van der Waals surface area contributed by atoms with Gasteiger partial charge in [0.15, 0.2) is 11.6 Å². The number of likely N-dealkylation sites (tertiary alicyclic amines) is 1. The molecule has 6 rings (SSSR count). The van der Waals surface area contributed by atoms with Gasteiger partial charge in [0.05, 0.1) is 18.2 Å². The molecule has 2 aromatic carbocycles. The number of hydrogen-bond acceptors (Lipinski definition) is 7. The van der Waals surface area contributed by atoms with Crippen molar-refractivity contribution in [2.75, 3.05) is 49.5 Å². The van der Waals surface area contributed by atoms with Gasteiger partial charge in [-0.15, -0.1) is 0 Å². The van der Waals surface area contributed by atoms with E-state index in [1.165, 1.54) is 30.1 Å². The van der Waals surface area contributed by atoms with E-state index < -0.39 is 5.82 Å². The molecule has 1 spiro atoms. The lowest BCUT2D eigenvalue weighted by molar-refractivity contribution is -0.115. The fourth-order valence-corrected chi connectivity index (χ4v) is 6.41. The Morgan fingerprint density at radius 3 is 2.76 bits per heavy atom. The smallest absolute Gasteiger partial charge is 0.257 e. The number of nitrogens with one attached hydrogen (secondary N) is 1. The zero-order valence-electron chi connectivity index (χ0n) is 23.5. The number of rotatable bonds is 8. The Hall–Kier alpha value is -4.05. The van der Waals surface area contributed by atoms with E-state index in [1.54, 1.807) is 11.1 Å². The van der Waals surface area contributed by atoms with Gasteiger partial charge in [0.1, 0.15) is 17.9 Å². The van der Waals surface area contributed by atoms with Crippen molar-refractivity contribution in [1.82, 2.24) is 19.8 Å². The summed E-state index contributed by atoms with van der Waals surface area (Å²) >= 11 is 0. The van der Waals surface area contributed by atoms with Gasteiger partial charge in [0.2, 0.25) is 5.91 Å². The van der Waals surface area contributed by atoms with E-state index in [2.05, 4.69) is 43.3 Å². The Balaban J connectivity index is 1.16. The van der Waals surface area contributed by atoms with Gasteiger partial charge in [-0.1, -0.05) is 12.1 Å². The van der Waals surface area contributed by atoms with Gasteiger partial charge < -0.3 is 19.9 Å². The summed E-state index contributed by atoms with van der Waals surface area (Å²) in [5.41, 5.74) is 3.54. The van der Waals surface area contributed by atoms with Crippen molar-refractivity contribution in [3.63, 3.8) is 0 Å². The summed E-state index contributed by atoms with van der Waals surface area (Å²) in [4.78, 5) is 40.0. The molecule has 9 nitrogen and oxygen atoms in total. The quantitative estimate of drug-likeness (QED) is 0.436. The molecule has 3 aliphatic rings. The van der Waals surface area contributed by atoms with Crippen LogP contribution >= 0.6 is 0 Å². The molecule has 10 heteroatoms. The Morgan fingerprint density at radius 1 is 1.10 bits per heavy atom. The normalized spacial score (nSPS) is 20.0. The lowest BCUT2D eigenvalue weighted by atomic mass is 9.86. The van der Waals surface area contributed by atoms with Crippen LogP contribution in [0, 0.1) is 11.2 Å². The molecule has 41 heavy (non-hydrogen) atoms. The minimum absolute atomic E-state index is 0.0579. The van der Waals surface area contributed by atoms with Crippen LogP contribution < -0.4 is 15.0 Å². The molecule has 2 fully saturated rings. The first-order chi connectivity index (χ1) is 19.9. The highest BCUT2D eigenvalue weighted by atomic mass is 19.1. The van der Waals surface area contributed by atoms with Crippen LogP contribution in [-0.4, -0.2) is 70.9 Å². The third kappa shape index (κ3) is 5.48. The Kier molecular flexibility index (Phi) is 7.33. The van der Waals surface area contributed by atoms with Gasteiger partial charge in [-0.25, -0.2) is 14.4 Å². The second-order valence-electron chi connectivity index (χ2n) is 11.3. The number of nitrogens with zero attached hydrogens (tertiary/aromatic N) is 5. The molecule has 3 aliphatic heterocycles. The molecule has 214 valence electrons. The summed E-state index contributed by atoms with van der Waals surface area (Å²) in [6.45, 7) is 9.33. The maximum Gasteiger partial charge on any atom is 0.257 e. The number of amides is 2. The Bertz CT molecular complexity index is 1480.